The van der Waals surface area contributed by atoms with Crippen molar-refractivity contribution in [2.75, 3.05) is 0 Å². The van der Waals surface area contributed by atoms with Crippen molar-refractivity contribution in [1.82, 2.24) is 9.71 Å². The summed E-state index contributed by atoms with van der Waals surface area (Å²) in [5.74, 6) is -0.338. The predicted molar refractivity (Wildman–Crippen MR) is 104 cm³/mol. The average molecular weight is 356 g/mol. The summed E-state index contributed by atoms with van der Waals surface area (Å²) in [6.07, 6.45) is 0. The second kappa shape index (κ2) is 6.88. The van der Waals surface area contributed by atoms with Crippen LogP contribution in [-0.2, 0) is 0 Å². The molecule has 1 heterocycles. The summed E-state index contributed by atoms with van der Waals surface area (Å²) >= 11 is 0. The number of hydrogen-bond donors (Lipinski definition) is 0. The Morgan fingerprint density at radius 2 is 1.67 bits per heavy atom. The lowest BCUT2D eigenvalue weighted by molar-refractivity contribution is 0.0449. The van der Waals surface area contributed by atoms with Gasteiger partial charge in [-0.15, -0.1) is 4.73 Å². The molecule has 0 aliphatic carbocycles. The Hall–Kier alpha value is -3.73. The standard InChI is InChI=1S/C22H16N2O3/c1-15-8-7-11-17(14-15)20-23-19-13-6-5-12-18(19)21(25)24(20)27-22(26)16-9-3-2-4-10-16/h2-14H,1H3. The largest absolute Gasteiger partial charge is 0.363 e. The number of para-hydroxylation sites is 1. The number of carbonyl (C=O) groups is 1. The van der Waals surface area contributed by atoms with Crippen molar-refractivity contribution in [2.45, 2.75) is 6.92 Å². The highest BCUT2D eigenvalue weighted by molar-refractivity contribution is 5.90. The van der Waals surface area contributed by atoms with E-state index in [0.717, 1.165) is 10.3 Å². The number of aryl methyl sites for hydroxylation is 1. The highest BCUT2D eigenvalue weighted by atomic mass is 16.7. The molecule has 0 bridgehead atoms. The Kier molecular flexibility index (Phi) is 4.26. The molecular formula is C22H16N2O3. The Morgan fingerprint density at radius 1 is 0.926 bits per heavy atom. The van der Waals surface area contributed by atoms with Crippen LogP contribution < -0.4 is 10.4 Å². The maximum absolute atomic E-state index is 13.0. The average Bonchev–Trinajstić information content (AvgIpc) is 2.70. The highest BCUT2D eigenvalue weighted by Gasteiger charge is 2.17. The topological polar surface area (TPSA) is 61.2 Å². The smallest absolute Gasteiger partial charge is 0.326 e. The maximum Gasteiger partial charge on any atom is 0.363 e. The van der Waals surface area contributed by atoms with Gasteiger partial charge >= 0.3 is 5.97 Å². The van der Waals surface area contributed by atoms with Crippen molar-refractivity contribution in [3.63, 3.8) is 0 Å². The molecule has 1 aromatic heterocycles. The Labute approximate surface area is 155 Å². The molecule has 3 aromatic carbocycles. The molecule has 4 rings (SSSR count). The first-order valence-electron chi connectivity index (χ1n) is 8.50. The Bertz CT molecular complexity index is 1200. The van der Waals surface area contributed by atoms with Crippen LogP contribution in [0, 0.1) is 6.92 Å². The van der Waals surface area contributed by atoms with Gasteiger partial charge in [0.2, 0.25) is 0 Å². The van der Waals surface area contributed by atoms with Crippen molar-refractivity contribution in [1.29, 1.82) is 0 Å². The minimum Gasteiger partial charge on any atom is -0.326 e. The van der Waals surface area contributed by atoms with Crippen LogP contribution in [0.3, 0.4) is 0 Å². The monoisotopic (exact) mass is 356 g/mol. The molecule has 0 saturated heterocycles. The third-order valence-electron chi connectivity index (χ3n) is 4.20. The van der Waals surface area contributed by atoms with Crippen LogP contribution in [0.15, 0.2) is 83.7 Å². The fraction of sp³-hybridized carbons (Fsp3) is 0.0455. The van der Waals surface area contributed by atoms with E-state index in [1.165, 1.54) is 0 Å². The first kappa shape index (κ1) is 16.7. The van der Waals surface area contributed by atoms with Crippen molar-refractivity contribution in [3.8, 4) is 11.4 Å². The molecule has 0 spiro atoms. The van der Waals surface area contributed by atoms with E-state index in [9.17, 15) is 9.59 Å². The summed E-state index contributed by atoms with van der Waals surface area (Å²) in [7, 11) is 0. The third kappa shape index (κ3) is 3.22. The molecule has 0 unspecified atom stereocenters. The molecule has 0 fully saturated rings. The van der Waals surface area contributed by atoms with Crippen LogP contribution >= 0.6 is 0 Å². The van der Waals surface area contributed by atoms with Crippen LogP contribution in [0.25, 0.3) is 22.3 Å². The van der Waals surface area contributed by atoms with E-state index in [1.54, 1.807) is 48.5 Å². The minimum atomic E-state index is -0.622. The van der Waals surface area contributed by atoms with Crippen LogP contribution in [-0.4, -0.2) is 15.7 Å². The number of rotatable bonds is 3. The second-order valence-electron chi connectivity index (χ2n) is 6.17. The van der Waals surface area contributed by atoms with E-state index in [1.807, 2.05) is 37.3 Å². The summed E-state index contributed by atoms with van der Waals surface area (Å²) in [6, 6.07) is 23.1. The molecule has 0 atom stereocenters. The summed E-state index contributed by atoms with van der Waals surface area (Å²) in [6.45, 7) is 1.95. The van der Waals surface area contributed by atoms with E-state index >= 15 is 0 Å². The zero-order chi connectivity index (χ0) is 18.8. The van der Waals surface area contributed by atoms with E-state index < -0.39 is 11.5 Å². The summed E-state index contributed by atoms with van der Waals surface area (Å²) in [5, 5.41) is 0.384. The minimum absolute atomic E-state index is 0.284. The maximum atomic E-state index is 13.0. The number of nitrogens with zero attached hydrogens (tertiary/aromatic N) is 2. The number of fused-ring (bicyclic) bond motifs is 1. The summed E-state index contributed by atoms with van der Waals surface area (Å²) < 4.78 is 0.979. The summed E-state index contributed by atoms with van der Waals surface area (Å²) in [5.41, 5.74) is 2.18. The molecule has 27 heavy (non-hydrogen) atoms. The quantitative estimate of drug-likeness (QED) is 0.562. The van der Waals surface area contributed by atoms with Crippen LogP contribution in [0.5, 0.6) is 0 Å². The molecule has 0 aliphatic rings. The van der Waals surface area contributed by atoms with Gasteiger partial charge in [0.05, 0.1) is 16.5 Å². The van der Waals surface area contributed by atoms with E-state index in [2.05, 4.69) is 4.98 Å². The number of hydrogen-bond acceptors (Lipinski definition) is 4. The van der Waals surface area contributed by atoms with Crippen molar-refractivity contribution in [2.24, 2.45) is 0 Å². The third-order valence-corrected chi connectivity index (χ3v) is 4.20. The van der Waals surface area contributed by atoms with Gasteiger partial charge in [-0.3, -0.25) is 4.79 Å². The normalized spacial score (nSPS) is 10.7. The Morgan fingerprint density at radius 3 is 2.44 bits per heavy atom. The molecule has 0 radical (unpaired) electrons. The van der Waals surface area contributed by atoms with E-state index in [0.29, 0.717) is 22.0 Å². The predicted octanol–water partition coefficient (Wildman–Crippen LogP) is 3.64. The molecule has 5 nitrogen and oxygen atoms in total. The lowest BCUT2D eigenvalue weighted by Gasteiger charge is -2.13. The van der Waals surface area contributed by atoms with Gasteiger partial charge in [-0.2, -0.15) is 0 Å². The second-order valence-corrected chi connectivity index (χ2v) is 6.17. The van der Waals surface area contributed by atoms with Gasteiger partial charge in [0, 0.05) is 5.56 Å². The van der Waals surface area contributed by atoms with Crippen LogP contribution in [0.1, 0.15) is 15.9 Å². The van der Waals surface area contributed by atoms with Gasteiger partial charge in [-0.25, -0.2) is 9.78 Å². The molecule has 5 heteroatoms. The molecule has 132 valence electrons. The van der Waals surface area contributed by atoms with Gasteiger partial charge in [0.1, 0.15) is 0 Å². The highest BCUT2D eigenvalue weighted by Crippen LogP contribution is 2.19. The zero-order valence-corrected chi connectivity index (χ0v) is 14.6. The molecule has 0 amide bonds. The lowest BCUT2D eigenvalue weighted by Crippen LogP contribution is -2.33. The molecule has 0 aliphatic heterocycles. The van der Waals surface area contributed by atoms with Gasteiger partial charge in [-0.1, -0.05) is 54.1 Å². The first-order chi connectivity index (χ1) is 13.1. The van der Waals surface area contributed by atoms with Crippen LogP contribution in [0.2, 0.25) is 0 Å². The van der Waals surface area contributed by atoms with Crippen LogP contribution in [0.4, 0.5) is 0 Å². The van der Waals surface area contributed by atoms with Crippen molar-refractivity contribution < 1.29 is 9.63 Å². The van der Waals surface area contributed by atoms with E-state index in [-0.39, 0.29) is 5.82 Å². The van der Waals surface area contributed by atoms with Crippen molar-refractivity contribution in [3.05, 3.63) is 100 Å². The molecule has 0 saturated carbocycles. The van der Waals surface area contributed by atoms with Gasteiger partial charge < -0.3 is 4.84 Å². The fourth-order valence-electron chi connectivity index (χ4n) is 2.88. The number of carbonyl (C=O) groups excluding carboxylic acids is 1. The lowest BCUT2D eigenvalue weighted by atomic mass is 10.1. The SMILES string of the molecule is Cc1cccc(-c2nc3ccccc3c(=O)n2OC(=O)c2ccccc2)c1. The fourth-order valence-corrected chi connectivity index (χ4v) is 2.88. The Balaban J connectivity index is 1.92. The van der Waals surface area contributed by atoms with Crippen molar-refractivity contribution >= 4 is 16.9 Å². The van der Waals surface area contributed by atoms with Gasteiger partial charge in [-0.05, 0) is 37.3 Å². The van der Waals surface area contributed by atoms with Gasteiger partial charge in [0.15, 0.2) is 5.82 Å². The number of benzene rings is 3. The molecular weight excluding hydrogens is 340 g/mol. The van der Waals surface area contributed by atoms with Gasteiger partial charge in [0.25, 0.3) is 5.56 Å². The molecule has 4 aromatic rings. The van der Waals surface area contributed by atoms with E-state index in [4.69, 9.17) is 4.84 Å². The first-order valence-corrected chi connectivity index (χ1v) is 8.50. The zero-order valence-electron chi connectivity index (χ0n) is 14.6. The summed E-state index contributed by atoms with van der Waals surface area (Å²) in [4.78, 5) is 35.6. The molecule has 0 N–H and O–H groups in total. The number of aromatic nitrogens is 2.